The molecular formula is C14H20ClFN2. The maximum absolute atomic E-state index is 13.5. The molecule has 0 saturated heterocycles. The summed E-state index contributed by atoms with van der Waals surface area (Å²) in [5.74, 6) is -0.377. The van der Waals surface area contributed by atoms with Crippen molar-refractivity contribution in [3.05, 3.63) is 34.6 Å². The van der Waals surface area contributed by atoms with E-state index in [1.54, 1.807) is 6.07 Å². The summed E-state index contributed by atoms with van der Waals surface area (Å²) in [7, 11) is 0. The molecule has 1 atom stereocenters. The summed E-state index contributed by atoms with van der Waals surface area (Å²) in [5, 5.41) is 3.69. The van der Waals surface area contributed by atoms with Crippen LogP contribution in [0, 0.1) is 5.82 Å². The van der Waals surface area contributed by atoms with Gasteiger partial charge in [-0.15, -0.1) is 0 Å². The van der Waals surface area contributed by atoms with Crippen LogP contribution < -0.4 is 11.1 Å². The molecule has 0 spiro atoms. The molecule has 1 aliphatic carbocycles. The highest BCUT2D eigenvalue weighted by atomic mass is 35.5. The Hall–Kier alpha value is -0.640. The van der Waals surface area contributed by atoms with E-state index in [1.807, 2.05) is 6.07 Å². The number of halogens is 2. The van der Waals surface area contributed by atoms with E-state index in [0.29, 0.717) is 12.6 Å². The van der Waals surface area contributed by atoms with Crippen LogP contribution in [0.4, 0.5) is 4.39 Å². The molecule has 100 valence electrons. The Balaban J connectivity index is 2.04. The van der Waals surface area contributed by atoms with Gasteiger partial charge in [-0.2, -0.15) is 0 Å². The molecule has 0 aromatic heterocycles. The highest BCUT2D eigenvalue weighted by Gasteiger charge is 2.18. The molecule has 0 amide bonds. The SMILES string of the molecule is NCC(NC1CCCCC1)c1ccc(Cl)c(F)c1. The van der Waals surface area contributed by atoms with Crippen LogP contribution in [0.3, 0.4) is 0 Å². The Bertz CT molecular complexity index is 391. The monoisotopic (exact) mass is 270 g/mol. The summed E-state index contributed by atoms with van der Waals surface area (Å²) in [5.41, 5.74) is 6.67. The van der Waals surface area contributed by atoms with E-state index in [1.165, 1.54) is 38.2 Å². The molecular weight excluding hydrogens is 251 g/mol. The van der Waals surface area contributed by atoms with Gasteiger partial charge in [-0.05, 0) is 30.5 Å². The Morgan fingerprint density at radius 3 is 2.67 bits per heavy atom. The molecule has 0 radical (unpaired) electrons. The predicted octanol–water partition coefficient (Wildman–Crippen LogP) is 3.40. The molecule has 2 rings (SSSR count). The number of nitrogens with two attached hydrogens (primary N) is 1. The highest BCUT2D eigenvalue weighted by Crippen LogP contribution is 2.23. The summed E-state index contributed by atoms with van der Waals surface area (Å²) in [6.07, 6.45) is 6.23. The number of rotatable bonds is 4. The van der Waals surface area contributed by atoms with Gasteiger partial charge in [0, 0.05) is 18.6 Å². The first-order valence-corrected chi connectivity index (χ1v) is 6.99. The van der Waals surface area contributed by atoms with Crippen molar-refractivity contribution in [3.63, 3.8) is 0 Å². The quantitative estimate of drug-likeness (QED) is 0.880. The molecule has 1 saturated carbocycles. The molecule has 1 aromatic rings. The molecule has 4 heteroatoms. The van der Waals surface area contributed by atoms with Gasteiger partial charge in [-0.3, -0.25) is 0 Å². The lowest BCUT2D eigenvalue weighted by Crippen LogP contribution is -2.37. The molecule has 1 aromatic carbocycles. The maximum Gasteiger partial charge on any atom is 0.142 e. The lowest BCUT2D eigenvalue weighted by atomic mass is 9.94. The largest absolute Gasteiger partial charge is 0.329 e. The predicted molar refractivity (Wildman–Crippen MR) is 73.2 cm³/mol. The van der Waals surface area contributed by atoms with E-state index in [0.717, 1.165) is 5.56 Å². The van der Waals surface area contributed by atoms with Crippen LogP contribution in [0.15, 0.2) is 18.2 Å². The molecule has 0 bridgehead atoms. The average Bonchev–Trinajstić information content (AvgIpc) is 2.40. The van der Waals surface area contributed by atoms with Crippen LogP contribution in [-0.2, 0) is 0 Å². The van der Waals surface area contributed by atoms with Crippen LogP contribution >= 0.6 is 11.6 Å². The normalized spacial score (nSPS) is 18.8. The maximum atomic E-state index is 13.5. The van der Waals surface area contributed by atoms with Gasteiger partial charge >= 0.3 is 0 Å². The summed E-state index contributed by atoms with van der Waals surface area (Å²) >= 11 is 5.69. The number of benzene rings is 1. The van der Waals surface area contributed by atoms with E-state index < -0.39 is 0 Å². The van der Waals surface area contributed by atoms with Crippen molar-refractivity contribution in [2.45, 2.75) is 44.2 Å². The molecule has 0 aliphatic heterocycles. The van der Waals surface area contributed by atoms with Gasteiger partial charge in [0.2, 0.25) is 0 Å². The molecule has 2 nitrogen and oxygen atoms in total. The lowest BCUT2D eigenvalue weighted by molar-refractivity contribution is 0.340. The molecule has 1 unspecified atom stereocenters. The van der Waals surface area contributed by atoms with Crippen LogP contribution in [-0.4, -0.2) is 12.6 Å². The van der Waals surface area contributed by atoms with Crippen LogP contribution in [0.25, 0.3) is 0 Å². The third-order valence-corrected chi connectivity index (χ3v) is 3.93. The number of hydrogen-bond acceptors (Lipinski definition) is 2. The fourth-order valence-corrected chi connectivity index (χ4v) is 2.70. The molecule has 1 fully saturated rings. The summed E-state index contributed by atoms with van der Waals surface area (Å²) in [6.45, 7) is 0.470. The smallest absolute Gasteiger partial charge is 0.142 e. The zero-order valence-corrected chi connectivity index (χ0v) is 11.2. The topological polar surface area (TPSA) is 38.0 Å². The second kappa shape index (κ2) is 6.50. The van der Waals surface area contributed by atoms with Crippen LogP contribution in [0.5, 0.6) is 0 Å². The summed E-state index contributed by atoms with van der Waals surface area (Å²) < 4.78 is 13.5. The Kier molecular flexibility index (Phi) is 4.98. The zero-order chi connectivity index (χ0) is 13.0. The van der Waals surface area contributed by atoms with Crippen molar-refractivity contribution in [1.29, 1.82) is 0 Å². The first-order valence-electron chi connectivity index (χ1n) is 6.62. The third kappa shape index (κ3) is 3.44. The number of hydrogen-bond donors (Lipinski definition) is 2. The van der Waals surface area contributed by atoms with Crippen LogP contribution in [0.1, 0.15) is 43.7 Å². The van der Waals surface area contributed by atoms with Gasteiger partial charge in [-0.25, -0.2) is 4.39 Å². The first-order chi connectivity index (χ1) is 8.70. The van der Waals surface area contributed by atoms with E-state index in [2.05, 4.69) is 5.32 Å². The second-order valence-corrected chi connectivity index (χ2v) is 5.37. The lowest BCUT2D eigenvalue weighted by Gasteiger charge is -2.28. The van der Waals surface area contributed by atoms with E-state index in [9.17, 15) is 4.39 Å². The van der Waals surface area contributed by atoms with Crippen molar-refractivity contribution >= 4 is 11.6 Å². The highest BCUT2D eigenvalue weighted by molar-refractivity contribution is 6.30. The zero-order valence-electron chi connectivity index (χ0n) is 10.5. The van der Waals surface area contributed by atoms with Gasteiger partial charge in [0.15, 0.2) is 0 Å². The van der Waals surface area contributed by atoms with Crippen LogP contribution in [0.2, 0.25) is 5.02 Å². The van der Waals surface area contributed by atoms with Gasteiger partial charge in [0.25, 0.3) is 0 Å². The third-order valence-electron chi connectivity index (χ3n) is 3.62. The Morgan fingerprint density at radius 1 is 1.33 bits per heavy atom. The molecule has 1 aliphatic rings. The Labute approximate surface area is 113 Å². The summed E-state index contributed by atoms with van der Waals surface area (Å²) in [4.78, 5) is 0. The number of nitrogens with one attached hydrogen (secondary N) is 1. The average molecular weight is 271 g/mol. The van der Waals surface area contributed by atoms with Crippen molar-refractivity contribution in [3.8, 4) is 0 Å². The van der Waals surface area contributed by atoms with E-state index >= 15 is 0 Å². The van der Waals surface area contributed by atoms with Crippen molar-refractivity contribution < 1.29 is 4.39 Å². The van der Waals surface area contributed by atoms with Gasteiger partial charge < -0.3 is 11.1 Å². The minimum atomic E-state index is -0.377. The molecule has 0 heterocycles. The standard InChI is InChI=1S/C14H20ClFN2/c15-12-7-6-10(8-13(12)16)14(9-17)18-11-4-2-1-3-5-11/h6-8,11,14,18H,1-5,9,17H2. The van der Waals surface area contributed by atoms with Gasteiger partial charge in [0.05, 0.1) is 5.02 Å². The van der Waals surface area contributed by atoms with E-state index in [4.69, 9.17) is 17.3 Å². The van der Waals surface area contributed by atoms with Crippen molar-refractivity contribution in [2.24, 2.45) is 5.73 Å². The fraction of sp³-hybridized carbons (Fsp3) is 0.571. The first kappa shape index (κ1) is 13.8. The fourth-order valence-electron chi connectivity index (χ4n) is 2.58. The minimum absolute atomic E-state index is 0.0138. The molecule has 3 N–H and O–H groups in total. The van der Waals surface area contributed by atoms with Crippen molar-refractivity contribution in [1.82, 2.24) is 5.32 Å². The van der Waals surface area contributed by atoms with Gasteiger partial charge in [-0.1, -0.05) is 36.9 Å². The minimum Gasteiger partial charge on any atom is -0.329 e. The second-order valence-electron chi connectivity index (χ2n) is 4.96. The van der Waals surface area contributed by atoms with Gasteiger partial charge in [0.1, 0.15) is 5.82 Å². The van der Waals surface area contributed by atoms with Crippen molar-refractivity contribution in [2.75, 3.05) is 6.54 Å². The van der Waals surface area contributed by atoms with E-state index in [-0.39, 0.29) is 16.9 Å². The molecule has 18 heavy (non-hydrogen) atoms. The Morgan fingerprint density at radius 2 is 2.06 bits per heavy atom. The summed E-state index contributed by atoms with van der Waals surface area (Å²) in [6, 6.07) is 5.44.